The third kappa shape index (κ3) is 4.08. The van der Waals surface area contributed by atoms with E-state index in [9.17, 15) is 13.2 Å². The van der Waals surface area contributed by atoms with Crippen molar-refractivity contribution in [3.05, 3.63) is 17.5 Å². The van der Waals surface area contributed by atoms with E-state index in [2.05, 4.69) is 20.5 Å². The minimum Gasteiger partial charge on any atom is -0.360 e. The van der Waals surface area contributed by atoms with Gasteiger partial charge in [0.2, 0.25) is 0 Å². The molecule has 4 heterocycles. The van der Waals surface area contributed by atoms with Crippen molar-refractivity contribution in [1.82, 2.24) is 24.8 Å². The van der Waals surface area contributed by atoms with Gasteiger partial charge in [-0.3, -0.25) is 4.79 Å². The first-order valence-electron chi connectivity index (χ1n) is 10.8. The number of amides is 1. The molecule has 1 aromatic rings. The van der Waals surface area contributed by atoms with E-state index in [-0.39, 0.29) is 30.1 Å². The first-order chi connectivity index (χ1) is 14.0. The molecule has 1 amide bonds. The molecule has 0 spiro atoms. The van der Waals surface area contributed by atoms with Crippen LogP contribution in [-0.4, -0.2) is 61.0 Å². The second-order valence-electron chi connectivity index (χ2n) is 8.89. The number of nitrogens with one attached hydrogen (secondary N) is 3. The highest BCUT2D eigenvalue weighted by molar-refractivity contribution is 7.87. The van der Waals surface area contributed by atoms with Crippen LogP contribution in [0.5, 0.6) is 0 Å². The van der Waals surface area contributed by atoms with Crippen molar-refractivity contribution in [3.63, 3.8) is 0 Å². The summed E-state index contributed by atoms with van der Waals surface area (Å²) in [4.78, 5) is 12.6. The molecule has 1 unspecified atom stereocenters. The number of piperidine rings is 2. The SMILES string of the molecule is O=C(NC1C[C@H]2CC[C@@H](C1)N2S(=O)(=O)NC1CCNCC1)c1cc(C2CC2)on1. The predicted molar refractivity (Wildman–Crippen MR) is 106 cm³/mol. The fourth-order valence-electron chi connectivity index (χ4n) is 5.07. The number of aromatic nitrogens is 1. The molecule has 3 N–H and O–H groups in total. The molecular formula is C19H29N5O4S. The van der Waals surface area contributed by atoms with E-state index in [1.807, 2.05) is 0 Å². The Hall–Kier alpha value is -1.49. The topological polar surface area (TPSA) is 117 Å². The molecule has 4 aliphatic rings. The lowest BCUT2D eigenvalue weighted by Gasteiger charge is -2.39. The van der Waals surface area contributed by atoms with Crippen LogP contribution in [0.1, 0.15) is 73.5 Å². The van der Waals surface area contributed by atoms with Crippen LogP contribution >= 0.6 is 0 Å². The first-order valence-corrected chi connectivity index (χ1v) is 12.2. The Morgan fingerprint density at radius 3 is 2.41 bits per heavy atom. The van der Waals surface area contributed by atoms with E-state index in [1.165, 1.54) is 0 Å². The van der Waals surface area contributed by atoms with Crippen LogP contribution in [0.15, 0.2) is 10.6 Å². The average Bonchev–Trinajstić information content (AvgIpc) is 3.34. The van der Waals surface area contributed by atoms with Crippen molar-refractivity contribution in [1.29, 1.82) is 0 Å². The van der Waals surface area contributed by atoms with Crippen molar-refractivity contribution in [3.8, 4) is 0 Å². The molecular weight excluding hydrogens is 394 g/mol. The van der Waals surface area contributed by atoms with Gasteiger partial charge in [0.05, 0.1) is 0 Å². The normalized spacial score (nSPS) is 31.1. The fraction of sp³-hybridized carbons (Fsp3) is 0.789. The molecule has 9 nitrogen and oxygen atoms in total. The van der Waals surface area contributed by atoms with Crippen molar-refractivity contribution in [2.24, 2.45) is 0 Å². The van der Waals surface area contributed by atoms with Crippen molar-refractivity contribution >= 4 is 16.1 Å². The summed E-state index contributed by atoms with van der Waals surface area (Å²) in [5, 5.41) is 10.2. The van der Waals surface area contributed by atoms with E-state index in [0.717, 1.165) is 57.4 Å². The molecule has 29 heavy (non-hydrogen) atoms. The Bertz CT molecular complexity index is 848. The minimum atomic E-state index is -3.51. The fourth-order valence-corrected chi connectivity index (χ4v) is 7.02. The highest BCUT2D eigenvalue weighted by Crippen LogP contribution is 2.40. The number of hydrogen-bond donors (Lipinski definition) is 3. The van der Waals surface area contributed by atoms with Gasteiger partial charge in [-0.05, 0) is 64.5 Å². The van der Waals surface area contributed by atoms with Gasteiger partial charge in [0, 0.05) is 36.2 Å². The molecule has 1 aromatic heterocycles. The summed E-state index contributed by atoms with van der Waals surface area (Å²) in [5.74, 6) is 0.982. The summed E-state index contributed by atoms with van der Waals surface area (Å²) in [6, 6.07) is 1.59. The van der Waals surface area contributed by atoms with Crippen LogP contribution in [0, 0.1) is 0 Å². The Balaban J connectivity index is 1.20. The highest BCUT2D eigenvalue weighted by Gasteiger charge is 2.47. The Morgan fingerprint density at radius 2 is 1.76 bits per heavy atom. The van der Waals surface area contributed by atoms with Gasteiger partial charge in [-0.15, -0.1) is 0 Å². The molecule has 5 rings (SSSR count). The number of carbonyl (C=O) groups is 1. The van der Waals surface area contributed by atoms with Gasteiger partial charge in [-0.1, -0.05) is 5.16 Å². The maximum atomic E-state index is 13.0. The quantitative estimate of drug-likeness (QED) is 0.625. The molecule has 3 atom stereocenters. The molecule has 2 bridgehead atoms. The number of rotatable bonds is 6. The molecule has 10 heteroatoms. The van der Waals surface area contributed by atoms with Crippen molar-refractivity contribution in [2.45, 2.75) is 81.5 Å². The summed E-state index contributed by atoms with van der Waals surface area (Å²) in [6.07, 6.45) is 6.81. The molecule has 160 valence electrons. The second kappa shape index (κ2) is 7.64. The van der Waals surface area contributed by atoms with E-state index in [1.54, 1.807) is 10.4 Å². The molecule has 0 aromatic carbocycles. The second-order valence-corrected chi connectivity index (χ2v) is 10.5. The predicted octanol–water partition coefficient (Wildman–Crippen LogP) is 0.864. The van der Waals surface area contributed by atoms with Crippen LogP contribution in [0.3, 0.4) is 0 Å². The third-order valence-electron chi connectivity index (χ3n) is 6.67. The largest absolute Gasteiger partial charge is 0.360 e. The maximum Gasteiger partial charge on any atom is 0.280 e. The van der Waals surface area contributed by atoms with Gasteiger partial charge >= 0.3 is 0 Å². The summed E-state index contributed by atoms with van der Waals surface area (Å²) in [6.45, 7) is 1.69. The summed E-state index contributed by atoms with van der Waals surface area (Å²) in [7, 11) is -3.51. The van der Waals surface area contributed by atoms with Crippen molar-refractivity contribution in [2.75, 3.05) is 13.1 Å². The molecule has 0 radical (unpaired) electrons. The molecule has 4 fully saturated rings. The zero-order valence-corrected chi connectivity index (χ0v) is 17.3. The summed E-state index contributed by atoms with van der Waals surface area (Å²) in [5.41, 5.74) is 0.321. The van der Waals surface area contributed by atoms with E-state index < -0.39 is 10.2 Å². The lowest BCUT2D eigenvalue weighted by atomic mass is 9.99. The third-order valence-corrected chi connectivity index (χ3v) is 8.46. The average molecular weight is 424 g/mol. The van der Waals surface area contributed by atoms with Crippen LogP contribution in [0.4, 0.5) is 0 Å². The molecule has 1 aliphatic carbocycles. The summed E-state index contributed by atoms with van der Waals surface area (Å²) >= 11 is 0. The molecule has 1 saturated carbocycles. The standard InChI is InChI=1S/C19H29N5O4S/c25-19(17-11-18(28-22-17)12-1-2-12)21-14-9-15-3-4-16(10-14)24(15)29(26,27)23-13-5-7-20-8-6-13/h11-16,20,23H,1-10H2,(H,21,25)/t14?,15-,16+. The van der Waals surface area contributed by atoms with Crippen LogP contribution in [-0.2, 0) is 10.2 Å². The van der Waals surface area contributed by atoms with Gasteiger partial charge in [0.1, 0.15) is 5.76 Å². The number of hydrogen-bond acceptors (Lipinski definition) is 6. The van der Waals surface area contributed by atoms with E-state index >= 15 is 0 Å². The summed E-state index contributed by atoms with van der Waals surface area (Å²) < 4.78 is 35.9. The minimum absolute atomic E-state index is 0.00547. The lowest BCUT2D eigenvalue weighted by molar-refractivity contribution is 0.0899. The Labute approximate surface area is 171 Å². The van der Waals surface area contributed by atoms with Gasteiger partial charge in [0.15, 0.2) is 5.69 Å². The van der Waals surface area contributed by atoms with Crippen molar-refractivity contribution < 1.29 is 17.7 Å². The van der Waals surface area contributed by atoms with Gasteiger partial charge in [0.25, 0.3) is 16.1 Å². The maximum absolute atomic E-state index is 13.0. The van der Waals surface area contributed by atoms with Crippen LogP contribution < -0.4 is 15.4 Å². The van der Waals surface area contributed by atoms with E-state index in [4.69, 9.17) is 4.52 Å². The zero-order chi connectivity index (χ0) is 20.0. The molecule has 3 aliphatic heterocycles. The molecule has 3 saturated heterocycles. The highest BCUT2D eigenvalue weighted by atomic mass is 32.2. The van der Waals surface area contributed by atoms with Gasteiger partial charge < -0.3 is 15.2 Å². The Kier molecular flexibility index (Phi) is 5.13. The van der Waals surface area contributed by atoms with Crippen LogP contribution in [0.2, 0.25) is 0 Å². The van der Waals surface area contributed by atoms with Gasteiger partial charge in [-0.25, -0.2) is 0 Å². The first kappa shape index (κ1) is 19.5. The van der Waals surface area contributed by atoms with E-state index in [0.29, 0.717) is 24.5 Å². The van der Waals surface area contributed by atoms with Crippen LogP contribution in [0.25, 0.3) is 0 Å². The zero-order valence-electron chi connectivity index (χ0n) is 16.5. The lowest BCUT2D eigenvalue weighted by Crippen LogP contribution is -2.57. The number of carbonyl (C=O) groups excluding carboxylic acids is 1. The van der Waals surface area contributed by atoms with Gasteiger partial charge in [-0.2, -0.15) is 17.4 Å². The smallest absolute Gasteiger partial charge is 0.280 e. The number of fused-ring (bicyclic) bond motifs is 2. The monoisotopic (exact) mass is 423 g/mol. The number of nitrogens with zero attached hydrogens (tertiary/aromatic N) is 2. The Morgan fingerprint density at radius 1 is 1.07 bits per heavy atom.